The van der Waals surface area contributed by atoms with E-state index in [-0.39, 0.29) is 6.61 Å². The number of aromatic nitrogens is 8. The summed E-state index contributed by atoms with van der Waals surface area (Å²) in [5.41, 5.74) is 13.0. The lowest BCUT2D eigenvalue weighted by atomic mass is 10.0. The molecule has 10 aromatic rings. The van der Waals surface area contributed by atoms with Gasteiger partial charge in [-0.25, -0.2) is 23.8 Å². The van der Waals surface area contributed by atoms with E-state index < -0.39 is 5.97 Å². The van der Waals surface area contributed by atoms with Crippen molar-refractivity contribution in [3.05, 3.63) is 182 Å². The number of hydrogen-bond donors (Lipinski definition) is 0. The number of rotatable bonds is 9. The van der Waals surface area contributed by atoms with Crippen LogP contribution in [0.2, 0.25) is 0 Å². The van der Waals surface area contributed by atoms with Gasteiger partial charge in [0.05, 0.1) is 65.7 Å². The Hall–Kier alpha value is -8.05. The van der Waals surface area contributed by atoms with Crippen molar-refractivity contribution in [1.29, 1.82) is 0 Å². The van der Waals surface area contributed by atoms with E-state index in [0.29, 0.717) is 22.4 Å². The number of nitrogens with zero attached hydrogens (tertiary/aromatic N) is 8. The highest BCUT2D eigenvalue weighted by Crippen LogP contribution is 2.30. The molecule has 0 saturated carbocycles. The maximum absolute atomic E-state index is 13.6. The number of furan rings is 1. The van der Waals surface area contributed by atoms with Gasteiger partial charge in [0.25, 0.3) is 0 Å². The number of carbonyl (C=O) groups is 1. The van der Waals surface area contributed by atoms with Crippen molar-refractivity contribution in [2.24, 2.45) is 0 Å². The van der Waals surface area contributed by atoms with Crippen molar-refractivity contribution in [3.63, 3.8) is 0 Å². The van der Waals surface area contributed by atoms with Gasteiger partial charge in [0.1, 0.15) is 6.61 Å². The summed E-state index contributed by atoms with van der Waals surface area (Å²) in [7, 11) is 0. The first kappa shape index (κ1) is 33.5. The van der Waals surface area contributed by atoms with Gasteiger partial charge in [0.15, 0.2) is 11.3 Å². The summed E-state index contributed by atoms with van der Waals surface area (Å²) in [6.45, 7) is 0.0864. The van der Waals surface area contributed by atoms with Crippen LogP contribution in [0.3, 0.4) is 0 Å². The summed E-state index contributed by atoms with van der Waals surface area (Å²) in [6.07, 6.45) is 14.0. The van der Waals surface area contributed by atoms with Gasteiger partial charge in [0, 0.05) is 45.8 Å². The summed E-state index contributed by atoms with van der Waals surface area (Å²) in [4.78, 5) is 32.0. The normalized spacial score (nSPS) is 11.3. The topological polar surface area (TPSA) is 126 Å². The zero-order valence-corrected chi connectivity index (χ0v) is 30.2. The van der Waals surface area contributed by atoms with Gasteiger partial charge >= 0.3 is 5.97 Å². The molecule has 0 N–H and O–H groups in total. The van der Waals surface area contributed by atoms with Crippen molar-refractivity contribution in [3.8, 4) is 67.3 Å². The Morgan fingerprint density at radius 3 is 1.91 bits per heavy atom. The first-order valence-corrected chi connectivity index (χ1v) is 18.2. The standard InChI is InChI=1S/C46H30N8O3/c55-46(39-12-5-4-11-38(39)37-23-45-50-27-42(54(45)52-25-37)33-13-16-47-40(20-33)31-8-2-1-3-9-31)57-28-30-7-6-10-32(19-30)36-22-44-49-26-43(53(44)51-24-36)34-14-17-48-41(21-34)35-15-18-56-29-35/h1-27,29H,28H2. The molecule has 0 spiro atoms. The molecule has 0 aliphatic rings. The monoisotopic (exact) mass is 742 g/mol. The van der Waals surface area contributed by atoms with Gasteiger partial charge < -0.3 is 9.15 Å². The van der Waals surface area contributed by atoms with E-state index in [4.69, 9.17) is 19.4 Å². The SMILES string of the molecule is O=C(OCc1cccc(-c2cnn3c(-c4ccnc(-c5ccoc5)c4)cnc3c2)c1)c1ccccc1-c1cnn2c(-c3ccnc(-c4ccccc4)c3)cnc2c1. The van der Waals surface area contributed by atoms with Crippen LogP contribution in [0.15, 0.2) is 175 Å². The second kappa shape index (κ2) is 14.3. The molecule has 3 aromatic carbocycles. The molecular formula is C46H30N8O3. The van der Waals surface area contributed by atoms with Crippen LogP contribution in [0.5, 0.6) is 0 Å². The van der Waals surface area contributed by atoms with Crippen molar-refractivity contribution in [1.82, 2.24) is 39.2 Å². The average molecular weight is 743 g/mol. The molecule has 272 valence electrons. The first-order valence-electron chi connectivity index (χ1n) is 18.2. The van der Waals surface area contributed by atoms with Crippen molar-refractivity contribution < 1.29 is 13.9 Å². The number of imidazole rings is 2. The summed E-state index contributed by atoms with van der Waals surface area (Å²) in [5.74, 6) is -0.440. The molecule has 7 aromatic heterocycles. The molecule has 0 amide bonds. The molecule has 7 heterocycles. The average Bonchev–Trinajstić information content (AvgIpc) is 4.07. The zero-order valence-electron chi connectivity index (χ0n) is 30.2. The molecule has 0 atom stereocenters. The maximum atomic E-state index is 13.6. The van der Waals surface area contributed by atoms with E-state index in [1.165, 1.54) is 0 Å². The summed E-state index contributed by atoms with van der Waals surface area (Å²) in [6, 6.07) is 39.0. The lowest BCUT2D eigenvalue weighted by Gasteiger charge is -2.11. The summed E-state index contributed by atoms with van der Waals surface area (Å²) < 4.78 is 14.7. The highest BCUT2D eigenvalue weighted by atomic mass is 16.5. The maximum Gasteiger partial charge on any atom is 0.339 e. The van der Waals surface area contributed by atoms with E-state index in [9.17, 15) is 4.79 Å². The van der Waals surface area contributed by atoms with Crippen molar-refractivity contribution >= 4 is 17.3 Å². The smallest absolute Gasteiger partial charge is 0.339 e. The van der Waals surface area contributed by atoms with Crippen LogP contribution >= 0.6 is 0 Å². The van der Waals surface area contributed by atoms with Crippen molar-refractivity contribution in [2.75, 3.05) is 0 Å². The Balaban J connectivity index is 0.859. The highest BCUT2D eigenvalue weighted by Gasteiger charge is 2.17. The fourth-order valence-electron chi connectivity index (χ4n) is 6.95. The predicted octanol–water partition coefficient (Wildman–Crippen LogP) is 9.51. The molecule has 0 bridgehead atoms. The minimum atomic E-state index is -0.440. The molecule has 0 fully saturated rings. The van der Waals surface area contributed by atoms with Gasteiger partial charge in [-0.15, -0.1) is 0 Å². The lowest BCUT2D eigenvalue weighted by molar-refractivity contribution is 0.0473. The van der Waals surface area contributed by atoms with Crippen molar-refractivity contribution in [2.45, 2.75) is 6.61 Å². The van der Waals surface area contributed by atoms with E-state index >= 15 is 0 Å². The third kappa shape index (κ3) is 6.48. The van der Waals surface area contributed by atoms with E-state index in [1.54, 1.807) is 54.1 Å². The third-order valence-electron chi connectivity index (χ3n) is 9.81. The molecule has 0 aliphatic heterocycles. The Labute approximate surface area is 325 Å². The van der Waals surface area contributed by atoms with Crippen LogP contribution in [0.25, 0.3) is 78.6 Å². The number of esters is 1. The predicted molar refractivity (Wildman–Crippen MR) is 216 cm³/mol. The highest BCUT2D eigenvalue weighted by molar-refractivity contribution is 5.97. The fourth-order valence-corrected chi connectivity index (χ4v) is 6.95. The molecule has 11 nitrogen and oxygen atoms in total. The van der Waals surface area contributed by atoms with Gasteiger partial charge in [-0.05, 0) is 71.3 Å². The van der Waals surface area contributed by atoms with Crippen LogP contribution in [-0.2, 0) is 11.3 Å². The molecular weight excluding hydrogens is 713 g/mol. The number of fused-ring (bicyclic) bond motifs is 2. The number of pyridine rings is 2. The Morgan fingerprint density at radius 2 is 1.19 bits per heavy atom. The van der Waals surface area contributed by atoms with Gasteiger partial charge in [-0.3, -0.25) is 9.97 Å². The summed E-state index contributed by atoms with van der Waals surface area (Å²) in [5, 5.41) is 9.48. The second-order valence-electron chi connectivity index (χ2n) is 13.4. The number of benzene rings is 3. The molecule has 0 aliphatic carbocycles. The quantitative estimate of drug-likeness (QED) is 0.133. The molecule has 0 unspecified atom stereocenters. The van der Waals surface area contributed by atoms with Crippen LogP contribution in [0, 0.1) is 0 Å². The Kier molecular flexibility index (Phi) is 8.41. The number of hydrogen-bond acceptors (Lipinski definition) is 9. The van der Waals surface area contributed by atoms with Crippen LogP contribution in [0.4, 0.5) is 0 Å². The van der Waals surface area contributed by atoms with E-state index in [0.717, 1.165) is 67.3 Å². The minimum absolute atomic E-state index is 0.0864. The number of ether oxygens (including phenoxy) is 1. The first-order chi connectivity index (χ1) is 28.1. The van der Waals surface area contributed by atoms with Gasteiger partial charge in [-0.1, -0.05) is 66.7 Å². The molecule has 11 heteroatoms. The molecule has 0 radical (unpaired) electrons. The minimum Gasteiger partial charge on any atom is -0.472 e. The van der Waals surface area contributed by atoms with Gasteiger partial charge in [0.2, 0.25) is 0 Å². The third-order valence-corrected chi connectivity index (χ3v) is 9.81. The van der Waals surface area contributed by atoms with E-state index in [1.807, 2.05) is 126 Å². The Morgan fingerprint density at radius 1 is 0.544 bits per heavy atom. The van der Waals surface area contributed by atoms with E-state index in [2.05, 4.69) is 19.9 Å². The Bertz CT molecular complexity index is 3060. The van der Waals surface area contributed by atoms with Crippen LogP contribution in [0.1, 0.15) is 15.9 Å². The fraction of sp³-hybridized carbons (Fsp3) is 0.0217. The second-order valence-corrected chi connectivity index (χ2v) is 13.4. The number of carbonyl (C=O) groups excluding carboxylic acids is 1. The zero-order chi connectivity index (χ0) is 38.1. The largest absolute Gasteiger partial charge is 0.472 e. The molecule has 10 rings (SSSR count). The molecule has 57 heavy (non-hydrogen) atoms. The van der Waals surface area contributed by atoms with Gasteiger partial charge in [-0.2, -0.15) is 10.2 Å². The lowest BCUT2D eigenvalue weighted by Crippen LogP contribution is -2.07. The molecule has 0 saturated heterocycles. The van der Waals surface area contributed by atoms with Crippen LogP contribution in [-0.4, -0.2) is 45.1 Å². The van der Waals surface area contributed by atoms with Crippen LogP contribution < -0.4 is 0 Å². The summed E-state index contributed by atoms with van der Waals surface area (Å²) >= 11 is 0.